The summed E-state index contributed by atoms with van der Waals surface area (Å²) in [5, 5.41) is 16.2. The highest BCUT2D eigenvalue weighted by atomic mass is 19.1. The average molecular weight is 424 g/mol. The number of aryl methyl sites for hydroxylation is 2. The Bertz CT molecular complexity index is 1120. The van der Waals surface area contributed by atoms with E-state index in [1.807, 2.05) is 20.0 Å². The van der Waals surface area contributed by atoms with Gasteiger partial charge in [-0.3, -0.25) is 4.68 Å². The summed E-state index contributed by atoms with van der Waals surface area (Å²) in [7, 11) is 1.85. The van der Waals surface area contributed by atoms with Crippen LogP contribution in [0, 0.1) is 24.1 Å². The van der Waals surface area contributed by atoms with Crippen LogP contribution in [0.4, 0.5) is 9.18 Å². The number of aromatic nitrogens is 4. The van der Waals surface area contributed by atoms with E-state index < -0.39 is 23.6 Å². The number of nitrogens with zero attached hydrogens (tertiary/aromatic N) is 4. The molecular weight excluding hydrogens is 399 g/mol. The van der Waals surface area contributed by atoms with E-state index in [0.29, 0.717) is 23.5 Å². The lowest BCUT2D eigenvalue weighted by Gasteiger charge is -2.22. The van der Waals surface area contributed by atoms with Crippen LogP contribution in [0.5, 0.6) is 0 Å². The van der Waals surface area contributed by atoms with Gasteiger partial charge < -0.3 is 15.0 Å². The summed E-state index contributed by atoms with van der Waals surface area (Å²) in [6, 6.07) is 7.52. The van der Waals surface area contributed by atoms with Crippen molar-refractivity contribution in [2.45, 2.75) is 45.8 Å². The molecule has 0 aliphatic heterocycles. The maximum Gasteiger partial charge on any atom is 0.408 e. The number of H-pyrrole nitrogens is 1. The Morgan fingerprint density at radius 3 is 2.71 bits per heavy atom. The normalized spacial score (nSPS) is 12.3. The Balaban J connectivity index is 1.89. The Kier molecular flexibility index (Phi) is 6.11. The summed E-state index contributed by atoms with van der Waals surface area (Å²) in [4.78, 5) is 19.9. The molecule has 0 saturated carbocycles. The standard InChI is InChI=1S/C22H25FN6O2/c1-13-8-16(28-29(13)5)10-18(27-21(30)31-22(2,3)4)20-25-12-19(26-20)14-6-7-15(11-24)17(23)9-14/h6-9,12,18H,10H2,1-5H3,(H,25,26)(H,27,30). The van der Waals surface area contributed by atoms with Crippen molar-refractivity contribution < 1.29 is 13.9 Å². The van der Waals surface area contributed by atoms with Crippen molar-refractivity contribution in [1.29, 1.82) is 5.26 Å². The lowest BCUT2D eigenvalue weighted by molar-refractivity contribution is 0.0501. The van der Waals surface area contributed by atoms with Gasteiger partial charge in [0.2, 0.25) is 0 Å². The van der Waals surface area contributed by atoms with Gasteiger partial charge in [0.15, 0.2) is 0 Å². The maximum absolute atomic E-state index is 14.0. The highest BCUT2D eigenvalue weighted by Crippen LogP contribution is 2.24. The maximum atomic E-state index is 14.0. The molecule has 0 fully saturated rings. The first-order valence-electron chi connectivity index (χ1n) is 9.79. The summed E-state index contributed by atoms with van der Waals surface area (Å²) in [5.74, 6) is -0.127. The lowest BCUT2D eigenvalue weighted by Crippen LogP contribution is -2.36. The molecule has 2 N–H and O–H groups in total. The van der Waals surface area contributed by atoms with E-state index in [2.05, 4.69) is 20.4 Å². The second kappa shape index (κ2) is 8.60. The number of alkyl carbamates (subject to hydrolysis) is 1. The molecule has 31 heavy (non-hydrogen) atoms. The van der Waals surface area contributed by atoms with Crippen molar-refractivity contribution >= 4 is 6.09 Å². The number of nitrogens with one attached hydrogen (secondary N) is 2. The fourth-order valence-electron chi connectivity index (χ4n) is 3.04. The van der Waals surface area contributed by atoms with Gasteiger partial charge in [0, 0.05) is 24.7 Å². The van der Waals surface area contributed by atoms with Crippen LogP contribution in [0.1, 0.15) is 49.6 Å². The second-order valence-electron chi connectivity index (χ2n) is 8.29. The minimum atomic E-state index is -0.648. The second-order valence-corrected chi connectivity index (χ2v) is 8.29. The molecule has 0 bridgehead atoms. The van der Waals surface area contributed by atoms with Gasteiger partial charge in [0.25, 0.3) is 0 Å². The van der Waals surface area contributed by atoms with Crippen LogP contribution in [0.2, 0.25) is 0 Å². The Morgan fingerprint density at radius 2 is 2.13 bits per heavy atom. The van der Waals surface area contributed by atoms with Crippen molar-refractivity contribution in [2.75, 3.05) is 0 Å². The predicted molar refractivity (Wildman–Crippen MR) is 112 cm³/mol. The van der Waals surface area contributed by atoms with E-state index in [-0.39, 0.29) is 5.56 Å². The summed E-state index contributed by atoms with van der Waals surface area (Å²) < 4.78 is 21.2. The largest absolute Gasteiger partial charge is 0.444 e. The van der Waals surface area contributed by atoms with Crippen LogP contribution in [0.15, 0.2) is 30.5 Å². The minimum absolute atomic E-state index is 0.0292. The number of carbonyl (C=O) groups excluding carboxylic acids is 1. The van der Waals surface area contributed by atoms with Crippen LogP contribution in [-0.2, 0) is 18.2 Å². The van der Waals surface area contributed by atoms with Gasteiger partial charge in [-0.15, -0.1) is 0 Å². The zero-order valence-corrected chi connectivity index (χ0v) is 18.2. The van der Waals surface area contributed by atoms with Crippen molar-refractivity contribution in [3.63, 3.8) is 0 Å². The number of nitriles is 1. The fraction of sp³-hybridized carbons (Fsp3) is 0.364. The third-order valence-corrected chi connectivity index (χ3v) is 4.59. The monoisotopic (exact) mass is 424 g/mol. The topological polar surface area (TPSA) is 109 Å². The van der Waals surface area contributed by atoms with Crippen LogP contribution < -0.4 is 5.32 Å². The Morgan fingerprint density at radius 1 is 1.39 bits per heavy atom. The molecule has 0 spiro atoms. The molecule has 9 heteroatoms. The highest BCUT2D eigenvalue weighted by Gasteiger charge is 2.24. The fourth-order valence-corrected chi connectivity index (χ4v) is 3.04. The molecule has 1 aromatic carbocycles. The molecule has 3 aromatic rings. The molecule has 0 saturated heterocycles. The molecule has 1 amide bonds. The van der Waals surface area contributed by atoms with Gasteiger partial charge in [-0.25, -0.2) is 14.2 Å². The number of ether oxygens (including phenoxy) is 1. The van der Waals surface area contributed by atoms with Crippen molar-refractivity contribution in [3.8, 4) is 17.3 Å². The molecule has 1 atom stereocenters. The van der Waals surface area contributed by atoms with Crippen molar-refractivity contribution in [3.05, 3.63) is 59.1 Å². The third kappa shape index (κ3) is 5.48. The van der Waals surface area contributed by atoms with Crippen molar-refractivity contribution in [2.24, 2.45) is 7.05 Å². The Labute approximate surface area is 180 Å². The van der Waals surface area contributed by atoms with Crippen LogP contribution in [-0.4, -0.2) is 31.4 Å². The number of rotatable bonds is 5. The molecule has 1 unspecified atom stereocenters. The van der Waals surface area contributed by atoms with Gasteiger partial charge in [0.1, 0.15) is 23.3 Å². The molecule has 162 valence electrons. The number of amides is 1. The zero-order chi connectivity index (χ0) is 22.8. The number of halogens is 1. The Hall–Kier alpha value is -3.67. The lowest BCUT2D eigenvalue weighted by atomic mass is 10.1. The average Bonchev–Trinajstić information content (AvgIpc) is 3.27. The SMILES string of the molecule is Cc1cc(CC(NC(=O)OC(C)(C)C)c2ncc(-c3ccc(C#N)c(F)c3)[nH]2)nn1C. The summed E-state index contributed by atoms with van der Waals surface area (Å²) in [6.07, 6.45) is 1.37. The number of hydrogen-bond acceptors (Lipinski definition) is 5. The van der Waals surface area contributed by atoms with Crippen LogP contribution in [0.25, 0.3) is 11.3 Å². The number of carbonyl (C=O) groups is 1. The number of benzene rings is 1. The summed E-state index contributed by atoms with van der Waals surface area (Å²) in [5.41, 5.74) is 2.19. The van der Waals surface area contributed by atoms with E-state index in [0.717, 1.165) is 11.4 Å². The molecule has 0 aliphatic rings. The van der Waals surface area contributed by atoms with E-state index in [9.17, 15) is 9.18 Å². The molecule has 0 aliphatic carbocycles. The predicted octanol–water partition coefficient (Wildman–Crippen LogP) is 3.94. The number of aromatic amines is 1. The van der Waals surface area contributed by atoms with Gasteiger partial charge in [0.05, 0.1) is 29.2 Å². The van der Waals surface area contributed by atoms with E-state index in [4.69, 9.17) is 10.00 Å². The van der Waals surface area contributed by atoms with E-state index in [1.165, 1.54) is 12.1 Å². The van der Waals surface area contributed by atoms with Gasteiger partial charge in [-0.1, -0.05) is 6.07 Å². The van der Waals surface area contributed by atoms with Crippen LogP contribution in [0.3, 0.4) is 0 Å². The quantitative estimate of drug-likeness (QED) is 0.645. The first-order chi connectivity index (χ1) is 14.6. The number of imidazole rings is 1. The smallest absolute Gasteiger partial charge is 0.408 e. The zero-order valence-electron chi connectivity index (χ0n) is 18.2. The van der Waals surface area contributed by atoms with Crippen molar-refractivity contribution in [1.82, 2.24) is 25.1 Å². The van der Waals surface area contributed by atoms with E-state index >= 15 is 0 Å². The highest BCUT2D eigenvalue weighted by molar-refractivity contribution is 5.68. The van der Waals surface area contributed by atoms with Gasteiger partial charge >= 0.3 is 6.09 Å². The van der Waals surface area contributed by atoms with E-state index in [1.54, 1.807) is 43.8 Å². The molecule has 2 heterocycles. The molecule has 0 radical (unpaired) electrons. The molecular formula is C22H25FN6O2. The molecule has 8 nitrogen and oxygen atoms in total. The first kappa shape index (κ1) is 22.0. The molecule has 3 rings (SSSR count). The first-order valence-corrected chi connectivity index (χ1v) is 9.79. The van der Waals surface area contributed by atoms with Crippen LogP contribution >= 0.6 is 0 Å². The van der Waals surface area contributed by atoms with Gasteiger partial charge in [-0.05, 0) is 45.9 Å². The summed E-state index contributed by atoms with van der Waals surface area (Å²) in [6.45, 7) is 7.30. The number of hydrogen-bond donors (Lipinski definition) is 2. The minimum Gasteiger partial charge on any atom is -0.444 e. The van der Waals surface area contributed by atoms with Gasteiger partial charge in [-0.2, -0.15) is 10.4 Å². The summed E-state index contributed by atoms with van der Waals surface area (Å²) >= 11 is 0. The molecule has 2 aromatic heterocycles. The third-order valence-electron chi connectivity index (χ3n) is 4.59.